The predicted octanol–water partition coefficient (Wildman–Crippen LogP) is 3.72. The second-order valence-electron chi connectivity index (χ2n) is 7.23. The van der Waals surface area contributed by atoms with Crippen molar-refractivity contribution in [2.75, 3.05) is 32.7 Å². The summed E-state index contributed by atoms with van der Waals surface area (Å²) in [5.41, 5.74) is 5.00. The molecule has 30 heavy (non-hydrogen) atoms. The minimum absolute atomic E-state index is 0.0554. The van der Waals surface area contributed by atoms with Crippen molar-refractivity contribution in [3.8, 4) is 47.1 Å². The standard InChI is InChI=1S/C24H22ClN5/c1-3-13-29-15-16-30(14-4-2)21(17-29)24-22(18-9-11-26-12-10-18)23(27-28-24)19-5-7-20(25)8-6-19/h1-2,5-12,21H,13-17H2,(H,27,28). The van der Waals surface area contributed by atoms with E-state index in [9.17, 15) is 0 Å². The summed E-state index contributed by atoms with van der Waals surface area (Å²) in [6.07, 6.45) is 14.8. The van der Waals surface area contributed by atoms with Gasteiger partial charge in [-0.05, 0) is 29.8 Å². The summed E-state index contributed by atoms with van der Waals surface area (Å²) >= 11 is 6.10. The first kappa shape index (κ1) is 20.2. The quantitative estimate of drug-likeness (QED) is 0.645. The molecule has 3 aromatic rings. The summed E-state index contributed by atoms with van der Waals surface area (Å²) in [7, 11) is 0. The number of halogens is 1. The van der Waals surface area contributed by atoms with Crippen LogP contribution in [0.3, 0.4) is 0 Å². The predicted molar refractivity (Wildman–Crippen MR) is 121 cm³/mol. The Bertz CT molecular complexity index is 1080. The third-order valence-electron chi connectivity index (χ3n) is 5.40. The zero-order valence-electron chi connectivity index (χ0n) is 16.6. The number of benzene rings is 1. The molecular formula is C24H22ClN5. The summed E-state index contributed by atoms with van der Waals surface area (Å²) in [6, 6.07) is 11.8. The second-order valence-corrected chi connectivity index (χ2v) is 7.67. The average molecular weight is 416 g/mol. The number of pyridine rings is 1. The van der Waals surface area contributed by atoms with Crippen LogP contribution in [-0.2, 0) is 0 Å². The Morgan fingerprint density at radius 2 is 1.73 bits per heavy atom. The van der Waals surface area contributed by atoms with Crippen LogP contribution in [0.4, 0.5) is 0 Å². The van der Waals surface area contributed by atoms with Gasteiger partial charge < -0.3 is 0 Å². The van der Waals surface area contributed by atoms with E-state index in [2.05, 4.69) is 31.7 Å². The number of piperazine rings is 1. The SMILES string of the molecule is C#CCN1CCN(CC#C)C(c2[nH]nc(-c3ccc(Cl)cc3)c2-c2ccncc2)C1. The molecule has 1 aliphatic rings. The third-order valence-corrected chi connectivity index (χ3v) is 5.65. The first-order chi connectivity index (χ1) is 14.7. The highest BCUT2D eigenvalue weighted by atomic mass is 35.5. The van der Waals surface area contributed by atoms with Crippen molar-refractivity contribution in [2.45, 2.75) is 6.04 Å². The Labute approximate surface area is 182 Å². The zero-order chi connectivity index (χ0) is 20.9. The lowest BCUT2D eigenvalue weighted by Crippen LogP contribution is -2.48. The number of terminal acetylenes is 2. The molecule has 1 aromatic carbocycles. The van der Waals surface area contributed by atoms with Crippen LogP contribution in [-0.4, -0.2) is 57.7 Å². The van der Waals surface area contributed by atoms with Crippen molar-refractivity contribution < 1.29 is 0 Å². The number of aromatic amines is 1. The van der Waals surface area contributed by atoms with Crippen molar-refractivity contribution in [2.24, 2.45) is 0 Å². The first-order valence-corrected chi connectivity index (χ1v) is 10.2. The fourth-order valence-electron chi connectivity index (χ4n) is 3.95. The molecular weight excluding hydrogens is 394 g/mol. The molecule has 1 atom stereocenters. The van der Waals surface area contributed by atoms with Crippen LogP contribution in [0.25, 0.3) is 22.4 Å². The molecule has 6 heteroatoms. The van der Waals surface area contributed by atoms with Crippen molar-refractivity contribution in [3.05, 3.63) is 59.5 Å². The van der Waals surface area contributed by atoms with E-state index in [0.717, 1.165) is 47.7 Å². The Hall–Kier alpha value is -3.09. The molecule has 0 saturated carbocycles. The van der Waals surface area contributed by atoms with E-state index in [-0.39, 0.29) is 6.04 Å². The minimum atomic E-state index is 0.0554. The van der Waals surface area contributed by atoms with E-state index in [1.54, 1.807) is 12.4 Å². The van der Waals surface area contributed by atoms with Gasteiger partial charge in [0.1, 0.15) is 5.69 Å². The molecule has 0 spiro atoms. The summed E-state index contributed by atoms with van der Waals surface area (Å²) in [5.74, 6) is 5.56. The fraction of sp³-hybridized carbons (Fsp3) is 0.250. The van der Waals surface area contributed by atoms with Gasteiger partial charge in [0, 0.05) is 48.2 Å². The van der Waals surface area contributed by atoms with E-state index in [4.69, 9.17) is 29.5 Å². The zero-order valence-corrected chi connectivity index (χ0v) is 17.3. The van der Waals surface area contributed by atoms with Crippen LogP contribution in [0.5, 0.6) is 0 Å². The normalized spacial score (nSPS) is 17.4. The highest BCUT2D eigenvalue weighted by Gasteiger charge is 2.32. The first-order valence-electron chi connectivity index (χ1n) is 9.79. The Balaban J connectivity index is 1.83. The van der Waals surface area contributed by atoms with Gasteiger partial charge in [0.2, 0.25) is 0 Å². The van der Waals surface area contributed by atoms with Gasteiger partial charge in [-0.3, -0.25) is 19.9 Å². The Kier molecular flexibility index (Phi) is 6.16. The number of hydrogen-bond donors (Lipinski definition) is 1. The number of nitrogens with zero attached hydrogens (tertiary/aromatic N) is 4. The number of H-pyrrole nitrogens is 1. The third kappa shape index (κ3) is 4.10. The van der Waals surface area contributed by atoms with E-state index in [1.165, 1.54) is 0 Å². The van der Waals surface area contributed by atoms with E-state index in [1.807, 2.05) is 36.4 Å². The largest absolute Gasteiger partial charge is 0.289 e. The van der Waals surface area contributed by atoms with Gasteiger partial charge in [0.15, 0.2) is 0 Å². The number of rotatable bonds is 5. The van der Waals surface area contributed by atoms with Crippen LogP contribution in [0.1, 0.15) is 11.7 Å². The summed E-state index contributed by atoms with van der Waals surface area (Å²) in [5, 5.41) is 8.71. The molecule has 0 aliphatic carbocycles. The lowest BCUT2D eigenvalue weighted by Gasteiger charge is -2.39. The smallest absolute Gasteiger partial charge is 0.100 e. The monoisotopic (exact) mass is 415 g/mol. The fourth-order valence-corrected chi connectivity index (χ4v) is 4.08. The highest BCUT2D eigenvalue weighted by molar-refractivity contribution is 6.30. The lowest BCUT2D eigenvalue weighted by atomic mass is 9.95. The highest BCUT2D eigenvalue weighted by Crippen LogP contribution is 2.38. The molecule has 0 amide bonds. The molecule has 1 fully saturated rings. The van der Waals surface area contributed by atoms with Crippen molar-refractivity contribution in [1.82, 2.24) is 25.0 Å². The molecule has 0 bridgehead atoms. The molecule has 0 radical (unpaired) electrons. The van der Waals surface area contributed by atoms with Gasteiger partial charge in [-0.1, -0.05) is 35.6 Å². The van der Waals surface area contributed by atoms with Gasteiger partial charge in [-0.25, -0.2) is 0 Å². The van der Waals surface area contributed by atoms with Crippen LogP contribution in [0.15, 0.2) is 48.8 Å². The summed E-state index contributed by atoms with van der Waals surface area (Å²) in [6.45, 7) is 3.71. The molecule has 4 rings (SSSR count). The van der Waals surface area contributed by atoms with Gasteiger partial charge in [0.25, 0.3) is 0 Å². The number of aromatic nitrogens is 3. The maximum atomic E-state index is 6.10. The van der Waals surface area contributed by atoms with E-state index >= 15 is 0 Å². The van der Waals surface area contributed by atoms with E-state index < -0.39 is 0 Å². The Morgan fingerprint density at radius 3 is 2.43 bits per heavy atom. The van der Waals surface area contributed by atoms with Gasteiger partial charge in [-0.15, -0.1) is 12.8 Å². The molecule has 5 nitrogen and oxygen atoms in total. The maximum Gasteiger partial charge on any atom is 0.100 e. The minimum Gasteiger partial charge on any atom is -0.289 e. The van der Waals surface area contributed by atoms with Gasteiger partial charge >= 0.3 is 0 Å². The van der Waals surface area contributed by atoms with Crippen molar-refractivity contribution in [3.63, 3.8) is 0 Å². The molecule has 1 aliphatic heterocycles. The molecule has 1 saturated heterocycles. The van der Waals surface area contributed by atoms with Crippen LogP contribution >= 0.6 is 11.6 Å². The van der Waals surface area contributed by atoms with Crippen molar-refractivity contribution in [1.29, 1.82) is 0 Å². The molecule has 1 N–H and O–H groups in total. The van der Waals surface area contributed by atoms with Crippen LogP contribution < -0.4 is 0 Å². The number of hydrogen-bond acceptors (Lipinski definition) is 4. The average Bonchev–Trinajstić information content (AvgIpc) is 3.21. The molecule has 150 valence electrons. The van der Waals surface area contributed by atoms with Crippen LogP contribution in [0.2, 0.25) is 5.02 Å². The van der Waals surface area contributed by atoms with Gasteiger partial charge in [0.05, 0.1) is 24.8 Å². The summed E-state index contributed by atoms with van der Waals surface area (Å²) < 4.78 is 0. The van der Waals surface area contributed by atoms with Gasteiger partial charge in [-0.2, -0.15) is 5.10 Å². The maximum absolute atomic E-state index is 6.10. The van der Waals surface area contributed by atoms with Crippen molar-refractivity contribution >= 4 is 11.6 Å². The van der Waals surface area contributed by atoms with Crippen LogP contribution in [0, 0.1) is 24.7 Å². The Morgan fingerprint density at radius 1 is 1.00 bits per heavy atom. The molecule has 1 unspecified atom stereocenters. The summed E-state index contributed by atoms with van der Waals surface area (Å²) in [4.78, 5) is 8.75. The topological polar surface area (TPSA) is 48.0 Å². The van der Waals surface area contributed by atoms with E-state index in [0.29, 0.717) is 18.1 Å². The second kappa shape index (κ2) is 9.15. The number of nitrogens with one attached hydrogen (secondary N) is 1. The molecule has 3 heterocycles. The lowest BCUT2D eigenvalue weighted by molar-refractivity contribution is 0.0924. The molecule has 2 aromatic heterocycles.